The van der Waals surface area contributed by atoms with Crippen molar-refractivity contribution in [2.24, 2.45) is 5.92 Å². The third-order valence-electron chi connectivity index (χ3n) is 5.86. The molecule has 4 aromatic carbocycles. The molecule has 142 valence electrons. The molecule has 0 N–H and O–H groups in total. The van der Waals surface area contributed by atoms with Gasteiger partial charge in [0.05, 0.1) is 5.69 Å². The van der Waals surface area contributed by atoms with Gasteiger partial charge in [0.2, 0.25) is 0 Å². The molecule has 29 heavy (non-hydrogen) atoms. The minimum atomic E-state index is 0.664. The van der Waals surface area contributed by atoms with Crippen LogP contribution in [-0.2, 0) is 6.42 Å². The molecule has 0 amide bonds. The lowest BCUT2D eigenvalue weighted by atomic mass is 9.93. The van der Waals surface area contributed by atoms with Crippen molar-refractivity contribution < 1.29 is 0 Å². The molecule has 0 atom stereocenters. The third-order valence-corrected chi connectivity index (χ3v) is 5.86. The highest BCUT2D eigenvalue weighted by Crippen LogP contribution is 2.35. The van der Waals surface area contributed by atoms with Gasteiger partial charge in [0.15, 0.2) is 0 Å². The Morgan fingerprint density at radius 2 is 1.45 bits per heavy atom. The van der Waals surface area contributed by atoms with E-state index in [1.54, 1.807) is 0 Å². The second-order valence-electron chi connectivity index (χ2n) is 8.45. The van der Waals surface area contributed by atoms with E-state index < -0.39 is 0 Å². The summed E-state index contributed by atoms with van der Waals surface area (Å²) in [6, 6.07) is 26.6. The number of aryl methyl sites for hydroxylation is 1. The van der Waals surface area contributed by atoms with Crippen LogP contribution in [0, 0.1) is 12.8 Å². The van der Waals surface area contributed by atoms with Crippen molar-refractivity contribution in [2.45, 2.75) is 27.2 Å². The number of benzene rings is 4. The van der Waals surface area contributed by atoms with Crippen molar-refractivity contribution in [3.63, 3.8) is 0 Å². The standard InChI is InChI=1S/C28H25N/c1-18(2)16-20-8-10-22(19(3)17-20)28-27-13-12-24-23-7-5-4-6-21(23)9-11-25(24)26(27)14-15-29-28/h4-15,17-18H,16H2,1-3H3. The normalized spacial score (nSPS) is 11.7. The number of rotatable bonds is 3. The molecule has 0 aliphatic heterocycles. The first-order chi connectivity index (χ1) is 14.1. The number of pyridine rings is 1. The number of hydrogen-bond donors (Lipinski definition) is 0. The molecule has 0 saturated carbocycles. The van der Waals surface area contributed by atoms with E-state index in [-0.39, 0.29) is 0 Å². The Hall–Kier alpha value is -3.19. The zero-order chi connectivity index (χ0) is 20.0. The van der Waals surface area contributed by atoms with Gasteiger partial charge in [0.1, 0.15) is 0 Å². The first-order valence-electron chi connectivity index (χ1n) is 10.4. The van der Waals surface area contributed by atoms with Crippen molar-refractivity contribution in [1.29, 1.82) is 0 Å². The number of nitrogens with zero attached hydrogens (tertiary/aromatic N) is 1. The van der Waals surface area contributed by atoms with Gasteiger partial charge in [0, 0.05) is 17.1 Å². The molecule has 0 fully saturated rings. The van der Waals surface area contributed by atoms with E-state index in [0.717, 1.165) is 12.1 Å². The summed E-state index contributed by atoms with van der Waals surface area (Å²) in [6.07, 6.45) is 3.07. The summed E-state index contributed by atoms with van der Waals surface area (Å²) in [7, 11) is 0. The van der Waals surface area contributed by atoms with Gasteiger partial charge in [0.25, 0.3) is 0 Å². The van der Waals surface area contributed by atoms with E-state index in [4.69, 9.17) is 4.98 Å². The lowest BCUT2D eigenvalue weighted by Crippen LogP contribution is -1.96. The molecule has 5 aromatic rings. The Morgan fingerprint density at radius 3 is 2.28 bits per heavy atom. The van der Waals surface area contributed by atoms with Crippen LogP contribution >= 0.6 is 0 Å². The third kappa shape index (κ3) is 3.07. The maximum absolute atomic E-state index is 4.80. The van der Waals surface area contributed by atoms with Crippen LogP contribution in [0.1, 0.15) is 25.0 Å². The van der Waals surface area contributed by atoms with Crippen molar-refractivity contribution >= 4 is 32.3 Å². The van der Waals surface area contributed by atoms with Crippen LogP contribution in [0.25, 0.3) is 43.6 Å². The van der Waals surface area contributed by atoms with E-state index in [2.05, 4.69) is 93.6 Å². The largest absolute Gasteiger partial charge is 0.256 e. The first kappa shape index (κ1) is 17.9. The van der Waals surface area contributed by atoms with Crippen LogP contribution in [0.5, 0.6) is 0 Å². The maximum atomic E-state index is 4.80. The molecule has 0 spiro atoms. The Kier molecular flexibility index (Phi) is 4.32. The number of fused-ring (bicyclic) bond motifs is 5. The zero-order valence-corrected chi connectivity index (χ0v) is 17.2. The summed E-state index contributed by atoms with van der Waals surface area (Å²) in [5.41, 5.74) is 4.99. The van der Waals surface area contributed by atoms with E-state index in [1.807, 2.05) is 6.20 Å². The molecule has 1 nitrogen and oxygen atoms in total. The smallest absolute Gasteiger partial charge is 0.0783 e. The van der Waals surface area contributed by atoms with Crippen LogP contribution in [0.15, 0.2) is 79.0 Å². The molecular weight excluding hydrogens is 350 g/mol. The van der Waals surface area contributed by atoms with E-state index in [9.17, 15) is 0 Å². The summed E-state index contributed by atoms with van der Waals surface area (Å²) >= 11 is 0. The molecule has 1 heteroatoms. The zero-order valence-electron chi connectivity index (χ0n) is 17.2. The minimum absolute atomic E-state index is 0.664. The Labute approximate surface area is 172 Å². The molecule has 0 saturated heterocycles. The average molecular weight is 376 g/mol. The van der Waals surface area contributed by atoms with Gasteiger partial charge in [-0.25, -0.2) is 0 Å². The van der Waals surface area contributed by atoms with Gasteiger partial charge >= 0.3 is 0 Å². The molecule has 1 aromatic heterocycles. The van der Waals surface area contributed by atoms with Crippen LogP contribution in [0.2, 0.25) is 0 Å². The molecule has 0 aliphatic rings. The van der Waals surface area contributed by atoms with Crippen molar-refractivity contribution in [2.75, 3.05) is 0 Å². The Morgan fingerprint density at radius 1 is 0.724 bits per heavy atom. The van der Waals surface area contributed by atoms with Gasteiger partial charge in [-0.05, 0) is 63.4 Å². The van der Waals surface area contributed by atoms with Crippen molar-refractivity contribution in [3.8, 4) is 11.3 Å². The van der Waals surface area contributed by atoms with Crippen LogP contribution < -0.4 is 0 Å². The van der Waals surface area contributed by atoms with Gasteiger partial charge < -0.3 is 0 Å². The fourth-order valence-corrected chi connectivity index (χ4v) is 4.56. The predicted molar refractivity (Wildman–Crippen MR) is 125 cm³/mol. The van der Waals surface area contributed by atoms with E-state index in [0.29, 0.717) is 5.92 Å². The monoisotopic (exact) mass is 375 g/mol. The van der Waals surface area contributed by atoms with Gasteiger partial charge in [-0.3, -0.25) is 4.98 Å². The van der Waals surface area contributed by atoms with E-state index in [1.165, 1.54) is 49.0 Å². The molecule has 1 heterocycles. The van der Waals surface area contributed by atoms with Crippen LogP contribution in [0.3, 0.4) is 0 Å². The summed E-state index contributed by atoms with van der Waals surface area (Å²) < 4.78 is 0. The molecule has 0 aliphatic carbocycles. The second-order valence-corrected chi connectivity index (χ2v) is 8.45. The lowest BCUT2D eigenvalue weighted by Gasteiger charge is -2.13. The Bertz CT molecular complexity index is 1360. The highest BCUT2D eigenvalue weighted by Gasteiger charge is 2.12. The maximum Gasteiger partial charge on any atom is 0.0783 e. The van der Waals surface area contributed by atoms with Crippen molar-refractivity contribution in [3.05, 3.63) is 90.1 Å². The Balaban J connectivity index is 1.74. The second kappa shape index (κ2) is 7.00. The molecule has 5 rings (SSSR count). The predicted octanol–water partition coefficient (Wildman–Crippen LogP) is 7.72. The van der Waals surface area contributed by atoms with Gasteiger partial charge in [-0.2, -0.15) is 0 Å². The quantitative estimate of drug-likeness (QED) is 0.294. The van der Waals surface area contributed by atoms with Gasteiger partial charge in [-0.15, -0.1) is 0 Å². The first-order valence-corrected chi connectivity index (χ1v) is 10.4. The highest BCUT2D eigenvalue weighted by atomic mass is 14.7. The molecular formula is C28H25N. The fraction of sp³-hybridized carbons (Fsp3) is 0.179. The van der Waals surface area contributed by atoms with Gasteiger partial charge in [-0.1, -0.05) is 80.6 Å². The van der Waals surface area contributed by atoms with Crippen LogP contribution in [0.4, 0.5) is 0 Å². The minimum Gasteiger partial charge on any atom is -0.256 e. The number of hydrogen-bond acceptors (Lipinski definition) is 1. The fourth-order valence-electron chi connectivity index (χ4n) is 4.56. The lowest BCUT2D eigenvalue weighted by molar-refractivity contribution is 0.647. The van der Waals surface area contributed by atoms with Crippen molar-refractivity contribution in [1.82, 2.24) is 4.98 Å². The highest BCUT2D eigenvalue weighted by molar-refractivity contribution is 6.18. The topological polar surface area (TPSA) is 12.9 Å². The summed E-state index contributed by atoms with van der Waals surface area (Å²) in [5, 5.41) is 7.67. The molecule has 0 unspecified atom stereocenters. The summed E-state index contributed by atoms with van der Waals surface area (Å²) in [6.45, 7) is 6.74. The SMILES string of the molecule is Cc1cc(CC(C)C)ccc1-c1nccc2c1ccc1c3ccccc3ccc21. The summed E-state index contributed by atoms with van der Waals surface area (Å²) in [4.78, 5) is 4.80. The molecule has 0 radical (unpaired) electrons. The van der Waals surface area contributed by atoms with Crippen LogP contribution in [-0.4, -0.2) is 4.98 Å². The number of aromatic nitrogens is 1. The van der Waals surface area contributed by atoms with E-state index >= 15 is 0 Å². The average Bonchev–Trinajstić information content (AvgIpc) is 2.72. The summed E-state index contributed by atoms with van der Waals surface area (Å²) in [5.74, 6) is 0.664. The molecule has 0 bridgehead atoms.